The molecular formula is C13H23NO3. The molecule has 1 unspecified atom stereocenters. The van der Waals surface area contributed by atoms with Crippen LogP contribution in [0, 0.1) is 0 Å². The first-order valence-corrected chi connectivity index (χ1v) is 6.28. The van der Waals surface area contributed by atoms with Crippen LogP contribution in [0.4, 0.5) is 0 Å². The number of nitrogens with zero attached hydrogens (tertiary/aromatic N) is 1. The lowest BCUT2D eigenvalue weighted by atomic mass is 10.2. The molecule has 0 aliphatic carbocycles. The number of rotatable bonds is 4. The van der Waals surface area contributed by atoms with E-state index in [1.165, 1.54) is 7.11 Å². The molecule has 98 valence electrons. The van der Waals surface area contributed by atoms with Gasteiger partial charge in [0.1, 0.15) is 0 Å². The third-order valence-electron chi connectivity index (χ3n) is 2.96. The highest BCUT2D eigenvalue weighted by atomic mass is 16.5. The molecule has 1 atom stereocenters. The van der Waals surface area contributed by atoms with Gasteiger partial charge in [0.2, 0.25) is 0 Å². The first-order valence-electron chi connectivity index (χ1n) is 6.28. The zero-order chi connectivity index (χ0) is 12.7. The van der Waals surface area contributed by atoms with Crippen LogP contribution in [0.25, 0.3) is 0 Å². The number of hydrogen-bond donors (Lipinski definition) is 0. The third kappa shape index (κ3) is 4.88. The number of esters is 1. The molecule has 1 saturated heterocycles. The summed E-state index contributed by atoms with van der Waals surface area (Å²) in [5, 5.41) is 0. The highest BCUT2D eigenvalue weighted by molar-refractivity contribution is 5.88. The number of carbonyl (C=O) groups is 1. The van der Waals surface area contributed by atoms with Crippen LogP contribution in [0.3, 0.4) is 0 Å². The van der Waals surface area contributed by atoms with Crippen LogP contribution in [0.15, 0.2) is 11.6 Å². The number of hydrogen-bond acceptors (Lipinski definition) is 4. The van der Waals surface area contributed by atoms with Crippen molar-refractivity contribution in [3.63, 3.8) is 0 Å². The molecule has 4 heteroatoms. The van der Waals surface area contributed by atoms with Crippen LogP contribution in [0.1, 0.15) is 26.7 Å². The minimum atomic E-state index is -0.216. The second kappa shape index (κ2) is 7.45. The Kier molecular flexibility index (Phi) is 6.22. The maximum Gasteiger partial charge on any atom is 0.333 e. The molecule has 0 bridgehead atoms. The van der Waals surface area contributed by atoms with Gasteiger partial charge in [0.15, 0.2) is 0 Å². The van der Waals surface area contributed by atoms with Gasteiger partial charge in [0.25, 0.3) is 0 Å². The summed E-state index contributed by atoms with van der Waals surface area (Å²) in [7, 11) is 1.42. The van der Waals surface area contributed by atoms with Crippen LogP contribution < -0.4 is 0 Å². The van der Waals surface area contributed by atoms with Crippen LogP contribution in [0.5, 0.6) is 0 Å². The summed E-state index contributed by atoms with van der Waals surface area (Å²) in [4.78, 5) is 13.7. The molecular weight excluding hydrogens is 218 g/mol. The highest BCUT2D eigenvalue weighted by Gasteiger charge is 2.14. The summed E-state index contributed by atoms with van der Waals surface area (Å²) in [6, 6.07) is 0. The van der Waals surface area contributed by atoms with Crippen molar-refractivity contribution in [3.8, 4) is 0 Å². The summed E-state index contributed by atoms with van der Waals surface area (Å²) in [5.41, 5.74) is 0.755. The minimum Gasteiger partial charge on any atom is -0.466 e. The van der Waals surface area contributed by atoms with Gasteiger partial charge < -0.3 is 9.47 Å². The first-order chi connectivity index (χ1) is 8.17. The molecule has 0 N–H and O–H groups in total. The number of methoxy groups -OCH3 is 1. The van der Waals surface area contributed by atoms with Crippen molar-refractivity contribution in [2.45, 2.75) is 32.8 Å². The maximum atomic E-state index is 11.4. The molecule has 1 aliphatic rings. The van der Waals surface area contributed by atoms with E-state index in [0.29, 0.717) is 6.42 Å². The predicted octanol–water partition coefficient (Wildman–Crippen LogP) is 1.61. The lowest BCUT2D eigenvalue weighted by Crippen LogP contribution is -2.30. The molecule has 0 aromatic heterocycles. The van der Waals surface area contributed by atoms with E-state index in [9.17, 15) is 4.79 Å². The normalized spacial score (nSPS) is 23.2. The van der Waals surface area contributed by atoms with E-state index in [0.717, 1.165) is 38.2 Å². The van der Waals surface area contributed by atoms with E-state index in [2.05, 4.69) is 11.8 Å². The van der Waals surface area contributed by atoms with Crippen LogP contribution in [-0.4, -0.2) is 50.3 Å². The maximum absolute atomic E-state index is 11.4. The van der Waals surface area contributed by atoms with E-state index < -0.39 is 0 Å². The van der Waals surface area contributed by atoms with Crippen molar-refractivity contribution in [2.24, 2.45) is 0 Å². The molecule has 0 saturated carbocycles. The lowest BCUT2D eigenvalue weighted by molar-refractivity contribution is -0.136. The van der Waals surface area contributed by atoms with Gasteiger partial charge in [-0.1, -0.05) is 13.0 Å². The van der Waals surface area contributed by atoms with Crippen LogP contribution in [0.2, 0.25) is 0 Å². The minimum absolute atomic E-state index is 0.216. The van der Waals surface area contributed by atoms with Crippen molar-refractivity contribution in [1.29, 1.82) is 0 Å². The van der Waals surface area contributed by atoms with Crippen molar-refractivity contribution < 1.29 is 14.3 Å². The molecule has 17 heavy (non-hydrogen) atoms. The van der Waals surface area contributed by atoms with E-state index in [1.54, 1.807) is 0 Å². The summed E-state index contributed by atoms with van der Waals surface area (Å²) in [5.74, 6) is -0.216. The molecule has 1 fully saturated rings. The van der Waals surface area contributed by atoms with Crippen molar-refractivity contribution in [1.82, 2.24) is 4.90 Å². The molecule has 0 aromatic rings. The fourth-order valence-corrected chi connectivity index (χ4v) is 1.99. The predicted molar refractivity (Wildman–Crippen MR) is 66.9 cm³/mol. The zero-order valence-corrected chi connectivity index (χ0v) is 11.1. The van der Waals surface area contributed by atoms with Gasteiger partial charge in [-0.2, -0.15) is 0 Å². The zero-order valence-electron chi connectivity index (χ0n) is 11.1. The summed E-state index contributed by atoms with van der Waals surface area (Å²) in [6.45, 7) is 7.64. The molecule has 0 aromatic carbocycles. The molecule has 0 amide bonds. The van der Waals surface area contributed by atoms with E-state index >= 15 is 0 Å². The average Bonchev–Trinajstić information content (AvgIpc) is 2.54. The standard InChI is InChI=1S/C13H23NO3/c1-4-12(13(15)16-3)6-8-14-7-5-9-17-11(2)10-14/h6,11H,4-5,7-10H2,1-3H3. The fourth-order valence-electron chi connectivity index (χ4n) is 1.99. The Morgan fingerprint density at radius 1 is 1.59 bits per heavy atom. The molecule has 1 aliphatic heterocycles. The Hall–Kier alpha value is -0.870. The molecule has 0 spiro atoms. The molecule has 4 nitrogen and oxygen atoms in total. The molecule has 0 radical (unpaired) electrons. The van der Waals surface area contributed by atoms with Crippen molar-refractivity contribution >= 4 is 5.97 Å². The lowest BCUT2D eigenvalue weighted by Gasteiger charge is -2.20. The largest absolute Gasteiger partial charge is 0.466 e. The summed E-state index contributed by atoms with van der Waals surface area (Å²) < 4.78 is 10.3. The Balaban J connectivity index is 2.51. The smallest absolute Gasteiger partial charge is 0.333 e. The highest BCUT2D eigenvalue weighted by Crippen LogP contribution is 2.08. The summed E-state index contributed by atoms with van der Waals surface area (Å²) in [6.07, 6.45) is 4.02. The van der Waals surface area contributed by atoms with E-state index in [1.807, 2.05) is 13.0 Å². The monoisotopic (exact) mass is 241 g/mol. The summed E-state index contributed by atoms with van der Waals surface area (Å²) >= 11 is 0. The fraction of sp³-hybridized carbons (Fsp3) is 0.769. The Morgan fingerprint density at radius 3 is 3.00 bits per heavy atom. The van der Waals surface area contributed by atoms with Crippen molar-refractivity contribution in [2.75, 3.05) is 33.4 Å². The topological polar surface area (TPSA) is 38.8 Å². The van der Waals surface area contributed by atoms with Gasteiger partial charge in [-0.25, -0.2) is 4.79 Å². The average molecular weight is 241 g/mol. The van der Waals surface area contributed by atoms with Crippen LogP contribution >= 0.6 is 0 Å². The van der Waals surface area contributed by atoms with Gasteiger partial charge in [0.05, 0.1) is 13.2 Å². The number of ether oxygens (including phenoxy) is 2. The van der Waals surface area contributed by atoms with E-state index in [-0.39, 0.29) is 12.1 Å². The molecule has 1 rings (SSSR count). The van der Waals surface area contributed by atoms with Gasteiger partial charge in [-0.3, -0.25) is 4.90 Å². The third-order valence-corrected chi connectivity index (χ3v) is 2.96. The molecule has 1 heterocycles. The second-order valence-corrected chi connectivity index (χ2v) is 4.37. The first kappa shape index (κ1) is 14.2. The van der Waals surface area contributed by atoms with E-state index in [4.69, 9.17) is 9.47 Å². The number of carbonyl (C=O) groups excluding carboxylic acids is 1. The Bertz CT molecular complexity index is 276. The van der Waals surface area contributed by atoms with Crippen LogP contribution in [-0.2, 0) is 14.3 Å². The Labute approximate surface area is 104 Å². The SMILES string of the molecule is CCC(=CCN1CCCOC(C)C1)C(=O)OC. The van der Waals surface area contributed by atoms with Gasteiger partial charge in [-0.05, 0) is 19.8 Å². The quantitative estimate of drug-likeness (QED) is 0.553. The second-order valence-electron chi connectivity index (χ2n) is 4.37. The van der Waals surface area contributed by atoms with Gasteiger partial charge in [0, 0.05) is 31.8 Å². The Morgan fingerprint density at radius 2 is 2.35 bits per heavy atom. The van der Waals surface area contributed by atoms with Gasteiger partial charge >= 0.3 is 5.97 Å². The van der Waals surface area contributed by atoms with Crippen molar-refractivity contribution in [3.05, 3.63) is 11.6 Å². The van der Waals surface area contributed by atoms with Gasteiger partial charge in [-0.15, -0.1) is 0 Å².